The van der Waals surface area contributed by atoms with Gasteiger partial charge in [0.05, 0.1) is 12.3 Å². The van der Waals surface area contributed by atoms with Crippen molar-refractivity contribution in [1.29, 1.82) is 0 Å². The zero-order chi connectivity index (χ0) is 19.2. The van der Waals surface area contributed by atoms with Crippen LogP contribution in [0.3, 0.4) is 0 Å². The molecule has 1 heterocycles. The minimum absolute atomic E-state index is 0.0773. The third kappa shape index (κ3) is 5.05. The maximum atomic E-state index is 14.0. The predicted molar refractivity (Wildman–Crippen MR) is 101 cm³/mol. The molecule has 1 atom stereocenters. The second-order valence-corrected chi connectivity index (χ2v) is 6.71. The first-order chi connectivity index (χ1) is 13.1. The van der Waals surface area contributed by atoms with Gasteiger partial charge in [0.25, 0.3) is 0 Å². The van der Waals surface area contributed by atoms with Crippen LogP contribution in [0.15, 0.2) is 53.7 Å². The van der Waals surface area contributed by atoms with Gasteiger partial charge in [-0.15, -0.1) is 0 Å². The van der Waals surface area contributed by atoms with E-state index in [0.717, 1.165) is 11.3 Å². The van der Waals surface area contributed by atoms with Crippen molar-refractivity contribution >= 4 is 23.2 Å². The second kappa shape index (κ2) is 8.97. The Kier molecular flexibility index (Phi) is 6.42. The average molecular weight is 391 g/mol. The van der Waals surface area contributed by atoms with Crippen LogP contribution in [0.25, 0.3) is 0 Å². The minimum Gasteiger partial charge on any atom is -0.390 e. The van der Waals surface area contributed by atoms with Crippen molar-refractivity contribution in [2.45, 2.75) is 19.1 Å². The molecule has 2 aromatic rings. The molecule has 1 aliphatic rings. The smallest absolute Gasteiger partial charge is 0.248 e. The summed E-state index contributed by atoms with van der Waals surface area (Å²) in [5, 5.41) is 4.78. The molecule has 0 aromatic heterocycles. The Bertz CT molecular complexity index is 826. The quantitative estimate of drug-likeness (QED) is 0.725. The molecule has 0 aliphatic carbocycles. The number of benzene rings is 2. The first-order valence-corrected chi connectivity index (χ1v) is 8.93. The van der Waals surface area contributed by atoms with E-state index in [4.69, 9.17) is 21.2 Å². The summed E-state index contributed by atoms with van der Waals surface area (Å²) in [7, 11) is 1.45. The average Bonchev–Trinajstić information content (AvgIpc) is 3.12. The molecule has 3 rings (SSSR count). The summed E-state index contributed by atoms with van der Waals surface area (Å²) < 4.78 is 18.9. The molecule has 142 valence electrons. The van der Waals surface area contributed by atoms with Crippen molar-refractivity contribution in [3.63, 3.8) is 0 Å². The van der Waals surface area contributed by atoms with Crippen LogP contribution in [0.2, 0.25) is 5.02 Å². The van der Waals surface area contributed by atoms with Gasteiger partial charge < -0.3 is 14.5 Å². The number of rotatable bonds is 7. The summed E-state index contributed by atoms with van der Waals surface area (Å²) in [5.41, 5.74) is 2.16. The van der Waals surface area contributed by atoms with Crippen LogP contribution in [0.1, 0.15) is 17.5 Å². The van der Waals surface area contributed by atoms with Gasteiger partial charge in [-0.3, -0.25) is 4.79 Å². The Hall–Kier alpha value is -2.44. The number of nitrogens with zero attached hydrogens (tertiary/aromatic N) is 2. The standard InChI is InChI=1S/C20H20ClFN2O3/c1-26-13-20(25)24(11-15-4-2-3-5-18(15)22)12-17-10-19(23-27-17)14-6-8-16(21)9-7-14/h2-9,17H,10-13H2,1H3/t17-/m1/s1. The summed E-state index contributed by atoms with van der Waals surface area (Å²) in [4.78, 5) is 19.4. The second-order valence-electron chi connectivity index (χ2n) is 6.28. The highest BCUT2D eigenvalue weighted by Gasteiger charge is 2.27. The first-order valence-electron chi connectivity index (χ1n) is 8.55. The summed E-state index contributed by atoms with van der Waals surface area (Å²) in [5.74, 6) is -0.581. The molecule has 0 saturated carbocycles. The molecule has 7 heteroatoms. The maximum Gasteiger partial charge on any atom is 0.248 e. The van der Waals surface area contributed by atoms with Gasteiger partial charge in [-0.2, -0.15) is 0 Å². The number of halogens is 2. The lowest BCUT2D eigenvalue weighted by molar-refractivity contribution is -0.137. The Balaban J connectivity index is 1.67. The van der Waals surface area contributed by atoms with Crippen LogP contribution in [0.5, 0.6) is 0 Å². The van der Waals surface area contributed by atoms with Crippen molar-refractivity contribution in [3.8, 4) is 0 Å². The zero-order valence-electron chi connectivity index (χ0n) is 14.9. The fourth-order valence-corrected chi connectivity index (χ4v) is 3.01. The number of carbonyl (C=O) groups excluding carboxylic acids is 1. The highest BCUT2D eigenvalue weighted by atomic mass is 35.5. The first kappa shape index (κ1) is 19.3. The van der Waals surface area contributed by atoms with Gasteiger partial charge in [-0.25, -0.2) is 4.39 Å². The number of ether oxygens (including phenoxy) is 1. The van der Waals surface area contributed by atoms with Crippen LogP contribution >= 0.6 is 11.6 Å². The van der Waals surface area contributed by atoms with Gasteiger partial charge in [-0.05, 0) is 23.8 Å². The summed E-state index contributed by atoms with van der Waals surface area (Å²) in [6, 6.07) is 13.7. The highest BCUT2D eigenvalue weighted by molar-refractivity contribution is 6.30. The lowest BCUT2D eigenvalue weighted by Crippen LogP contribution is -2.39. The van der Waals surface area contributed by atoms with Gasteiger partial charge in [0.1, 0.15) is 12.4 Å². The molecule has 0 saturated heterocycles. The fraction of sp³-hybridized carbons (Fsp3) is 0.300. The van der Waals surface area contributed by atoms with E-state index in [2.05, 4.69) is 5.16 Å². The molecule has 1 amide bonds. The number of carbonyl (C=O) groups is 1. The minimum atomic E-state index is -0.349. The Morgan fingerprint density at radius 2 is 2.04 bits per heavy atom. The molecule has 0 fully saturated rings. The SMILES string of the molecule is COCC(=O)N(Cc1ccccc1F)C[C@H]1CC(c2ccc(Cl)cc2)=NO1. The van der Waals surface area contributed by atoms with Crippen LogP contribution in [-0.4, -0.2) is 42.9 Å². The molecule has 2 aromatic carbocycles. The Labute approximate surface area is 162 Å². The lowest BCUT2D eigenvalue weighted by atomic mass is 10.0. The zero-order valence-corrected chi connectivity index (χ0v) is 15.7. The van der Waals surface area contributed by atoms with E-state index in [0.29, 0.717) is 17.0 Å². The van der Waals surface area contributed by atoms with E-state index in [1.165, 1.54) is 18.1 Å². The fourth-order valence-electron chi connectivity index (χ4n) is 2.89. The molecule has 0 radical (unpaired) electrons. The van der Waals surface area contributed by atoms with Crippen molar-refractivity contribution < 1.29 is 18.8 Å². The van der Waals surface area contributed by atoms with E-state index in [-0.39, 0.29) is 37.5 Å². The van der Waals surface area contributed by atoms with Gasteiger partial charge in [0, 0.05) is 30.7 Å². The van der Waals surface area contributed by atoms with Crippen LogP contribution in [-0.2, 0) is 20.9 Å². The topological polar surface area (TPSA) is 51.1 Å². The number of hydrogen-bond donors (Lipinski definition) is 0. The van der Waals surface area contributed by atoms with Gasteiger partial charge in [-0.1, -0.05) is 47.1 Å². The van der Waals surface area contributed by atoms with E-state index in [9.17, 15) is 9.18 Å². The summed E-state index contributed by atoms with van der Waals surface area (Å²) in [6.45, 7) is 0.355. The van der Waals surface area contributed by atoms with Gasteiger partial charge in [0.2, 0.25) is 5.91 Å². The maximum absolute atomic E-state index is 14.0. The van der Waals surface area contributed by atoms with Crippen LogP contribution < -0.4 is 0 Å². The van der Waals surface area contributed by atoms with Crippen molar-refractivity contribution in [2.75, 3.05) is 20.3 Å². The summed E-state index contributed by atoms with van der Waals surface area (Å²) in [6.07, 6.45) is 0.249. The third-order valence-corrected chi connectivity index (χ3v) is 4.53. The van der Waals surface area contributed by atoms with Crippen molar-refractivity contribution in [1.82, 2.24) is 4.90 Å². The van der Waals surface area contributed by atoms with Crippen molar-refractivity contribution in [3.05, 3.63) is 70.5 Å². The molecule has 5 nitrogen and oxygen atoms in total. The molecular weight excluding hydrogens is 371 g/mol. The number of oxime groups is 1. The monoisotopic (exact) mass is 390 g/mol. The Morgan fingerprint density at radius 3 is 2.74 bits per heavy atom. The molecule has 1 aliphatic heterocycles. The third-order valence-electron chi connectivity index (χ3n) is 4.27. The lowest BCUT2D eigenvalue weighted by Gasteiger charge is -2.25. The molecule has 0 bridgehead atoms. The normalized spacial score (nSPS) is 16.0. The van der Waals surface area contributed by atoms with E-state index < -0.39 is 0 Å². The van der Waals surface area contributed by atoms with Crippen LogP contribution in [0, 0.1) is 5.82 Å². The number of hydrogen-bond acceptors (Lipinski definition) is 4. The molecular formula is C20H20ClFN2O3. The predicted octanol–water partition coefficient (Wildman–Crippen LogP) is 3.65. The largest absolute Gasteiger partial charge is 0.390 e. The van der Waals surface area contributed by atoms with Crippen LogP contribution in [0.4, 0.5) is 4.39 Å². The molecule has 0 unspecified atom stereocenters. The van der Waals surface area contributed by atoms with Gasteiger partial charge in [0.15, 0.2) is 6.10 Å². The Morgan fingerprint density at radius 1 is 1.30 bits per heavy atom. The highest BCUT2D eigenvalue weighted by Crippen LogP contribution is 2.20. The van der Waals surface area contributed by atoms with Gasteiger partial charge >= 0.3 is 0 Å². The summed E-state index contributed by atoms with van der Waals surface area (Å²) >= 11 is 5.91. The van der Waals surface area contributed by atoms with E-state index in [1.807, 2.05) is 12.1 Å². The molecule has 0 N–H and O–H groups in total. The van der Waals surface area contributed by atoms with Crippen molar-refractivity contribution in [2.24, 2.45) is 5.16 Å². The number of amides is 1. The molecule has 27 heavy (non-hydrogen) atoms. The van der Waals surface area contributed by atoms with E-state index >= 15 is 0 Å². The number of methoxy groups -OCH3 is 1. The molecule has 0 spiro atoms. The van der Waals surface area contributed by atoms with E-state index in [1.54, 1.807) is 30.3 Å².